The molecule has 1 aliphatic heterocycles. The van der Waals surface area contributed by atoms with Gasteiger partial charge in [0, 0.05) is 29.9 Å². The normalized spacial score (nSPS) is 19.5. The zero-order chi connectivity index (χ0) is 18.0. The molecule has 1 aromatic carbocycles. The predicted octanol–water partition coefficient (Wildman–Crippen LogP) is 4.38. The summed E-state index contributed by atoms with van der Waals surface area (Å²) in [5, 5.41) is 7.62. The van der Waals surface area contributed by atoms with Crippen LogP contribution in [0.15, 0.2) is 18.2 Å². The number of carbonyl (C=O) groups excluding carboxylic acids is 1. The highest BCUT2D eigenvalue weighted by molar-refractivity contribution is 7.80. The van der Waals surface area contributed by atoms with Crippen LogP contribution in [-0.4, -0.2) is 23.1 Å². The van der Waals surface area contributed by atoms with Gasteiger partial charge in [0.05, 0.1) is 0 Å². The number of benzene rings is 1. The molecule has 1 aliphatic carbocycles. The van der Waals surface area contributed by atoms with Crippen molar-refractivity contribution >= 4 is 34.6 Å². The number of aryl methyl sites for hydroxylation is 1. The van der Waals surface area contributed by atoms with Crippen molar-refractivity contribution in [2.24, 2.45) is 5.92 Å². The fourth-order valence-corrected chi connectivity index (χ4v) is 4.50. The first-order valence-corrected chi connectivity index (χ1v) is 9.82. The van der Waals surface area contributed by atoms with E-state index < -0.39 is 0 Å². The van der Waals surface area contributed by atoms with Gasteiger partial charge < -0.3 is 15.5 Å². The minimum atomic E-state index is 0.126. The van der Waals surface area contributed by atoms with Gasteiger partial charge in [0.15, 0.2) is 5.11 Å². The lowest BCUT2D eigenvalue weighted by Crippen LogP contribution is -2.51. The maximum absolute atomic E-state index is 12.0. The molecule has 5 heteroatoms. The van der Waals surface area contributed by atoms with E-state index in [0.717, 1.165) is 29.9 Å². The van der Waals surface area contributed by atoms with Crippen molar-refractivity contribution in [3.63, 3.8) is 0 Å². The first-order chi connectivity index (χ1) is 11.9. The van der Waals surface area contributed by atoms with Crippen molar-refractivity contribution in [2.45, 2.75) is 64.8 Å². The molecule has 0 atom stereocenters. The minimum Gasteiger partial charge on any atom is -0.357 e. The molecule has 0 radical (unpaired) electrons. The molecular formula is C20H29N3OS. The van der Waals surface area contributed by atoms with E-state index in [4.69, 9.17) is 12.2 Å². The summed E-state index contributed by atoms with van der Waals surface area (Å²) >= 11 is 5.58. The molecule has 4 nitrogen and oxygen atoms in total. The minimum absolute atomic E-state index is 0.126. The molecule has 1 heterocycles. The van der Waals surface area contributed by atoms with Crippen molar-refractivity contribution in [3.05, 3.63) is 23.8 Å². The lowest BCUT2D eigenvalue weighted by atomic mass is 9.85. The van der Waals surface area contributed by atoms with Gasteiger partial charge in [-0.25, -0.2) is 0 Å². The van der Waals surface area contributed by atoms with Gasteiger partial charge in [0.2, 0.25) is 5.91 Å². The van der Waals surface area contributed by atoms with Gasteiger partial charge >= 0.3 is 0 Å². The number of nitrogens with zero attached hydrogens (tertiary/aromatic N) is 1. The van der Waals surface area contributed by atoms with Gasteiger partial charge in [-0.3, -0.25) is 4.79 Å². The maximum Gasteiger partial charge on any atom is 0.227 e. The fourth-order valence-electron chi connectivity index (χ4n) is 4.18. The van der Waals surface area contributed by atoms with Gasteiger partial charge in [-0.15, -0.1) is 0 Å². The Balaban J connectivity index is 1.67. The molecule has 3 rings (SSSR count). The lowest BCUT2D eigenvalue weighted by Gasteiger charge is -2.36. The Bertz CT molecular complexity index is 665. The Morgan fingerprint density at radius 2 is 1.96 bits per heavy atom. The Hall–Kier alpha value is -1.62. The molecule has 2 N–H and O–H groups in total. The number of rotatable bonds is 4. The third-order valence-electron chi connectivity index (χ3n) is 5.78. The van der Waals surface area contributed by atoms with E-state index in [0.29, 0.717) is 17.5 Å². The van der Waals surface area contributed by atoms with Crippen LogP contribution in [0, 0.1) is 12.8 Å². The van der Waals surface area contributed by atoms with Crippen molar-refractivity contribution in [3.8, 4) is 0 Å². The average molecular weight is 360 g/mol. The van der Waals surface area contributed by atoms with Crippen molar-refractivity contribution < 1.29 is 4.79 Å². The third-order valence-corrected chi connectivity index (χ3v) is 5.99. The summed E-state index contributed by atoms with van der Waals surface area (Å²) in [6, 6.07) is 6.11. The largest absolute Gasteiger partial charge is 0.357 e. The van der Waals surface area contributed by atoms with Crippen LogP contribution in [0.3, 0.4) is 0 Å². The molecule has 25 heavy (non-hydrogen) atoms. The standard InChI is InChI=1S/C20H29N3OS/c1-14(2)20(10-4-5-11-20)22-19(25)21-16-8-9-17(15(3)13-16)23-12-6-7-18(23)24/h8-9,13-14H,4-7,10-12H2,1-3H3,(H2,21,22,25). The first kappa shape index (κ1) is 18.2. The average Bonchev–Trinajstić information content (AvgIpc) is 3.17. The summed E-state index contributed by atoms with van der Waals surface area (Å²) in [6.07, 6.45) is 6.51. The molecular weight excluding hydrogens is 330 g/mol. The van der Waals surface area contributed by atoms with Crippen LogP contribution in [0.1, 0.15) is 57.9 Å². The molecule has 2 aliphatic rings. The molecule has 0 unspecified atom stereocenters. The summed E-state index contributed by atoms with van der Waals surface area (Å²) in [6.45, 7) is 7.42. The lowest BCUT2D eigenvalue weighted by molar-refractivity contribution is -0.117. The third kappa shape index (κ3) is 3.81. The van der Waals surface area contributed by atoms with Crippen LogP contribution in [0.25, 0.3) is 0 Å². The number of thiocarbonyl (C=S) groups is 1. The topological polar surface area (TPSA) is 44.4 Å². The number of hydrogen-bond donors (Lipinski definition) is 2. The SMILES string of the molecule is Cc1cc(NC(=S)NC2(C(C)C)CCCC2)ccc1N1CCCC1=O. The number of anilines is 2. The van der Waals surface area contributed by atoms with Gasteiger partial charge in [0.1, 0.15) is 0 Å². The molecule has 0 aromatic heterocycles. The Kier molecular flexibility index (Phi) is 5.32. The fraction of sp³-hybridized carbons (Fsp3) is 0.600. The molecule has 1 saturated heterocycles. The second-order valence-corrected chi connectivity index (χ2v) is 8.16. The van der Waals surface area contributed by atoms with Crippen LogP contribution in [0.2, 0.25) is 0 Å². The van der Waals surface area contributed by atoms with E-state index >= 15 is 0 Å². The smallest absolute Gasteiger partial charge is 0.227 e. The second-order valence-electron chi connectivity index (χ2n) is 7.75. The van der Waals surface area contributed by atoms with Crippen LogP contribution in [-0.2, 0) is 4.79 Å². The van der Waals surface area contributed by atoms with Crippen LogP contribution < -0.4 is 15.5 Å². The van der Waals surface area contributed by atoms with Gasteiger partial charge in [0.25, 0.3) is 0 Å². The number of nitrogens with one attached hydrogen (secondary N) is 2. The van der Waals surface area contributed by atoms with Crippen LogP contribution in [0.4, 0.5) is 11.4 Å². The highest BCUT2D eigenvalue weighted by Gasteiger charge is 2.37. The second kappa shape index (κ2) is 7.32. The number of hydrogen-bond acceptors (Lipinski definition) is 2. The van der Waals surface area contributed by atoms with Crippen LogP contribution in [0.5, 0.6) is 0 Å². The summed E-state index contributed by atoms with van der Waals surface area (Å²) < 4.78 is 0. The molecule has 2 fully saturated rings. The number of carbonyl (C=O) groups is 1. The molecule has 1 saturated carbocycles. The van der Waals surface area contributed by atoms with Crippen LogP contribution >= 0.6 is 12.2 Å². The predicted molar refractivity (Wildman–Crippen MR) is 108 cm³/mol. The van der Waals surface area contributed by atoms with Gasteiger partial charge in [-0.1, -0.05) is 26.7 Å². The highest BCUT2D eigenvalue weighted by atomic mass is 32.1. The molecule has 0 bridgehead atoms. The van der Waals surface area contributed by atoms with Gasteiger partial charge in [-0.2, -0.15) is 0 Å². The molecule has 136 valence electrons. The highest BCUT2D eigenvalue weighted by Crippen LogP contribution is 2.36. The zero-order valence-electron chi connectivity index (χ0n) is 15.5. The molecule has 0 spiro atoms. The van der Waals surface area contributed by atoms with Gasteiger partial charge in [-0.05, 0) is 68.1 Å². The van der Waals surface area contributed by atoms with Crippen molar-refractivity contribution in [1.82, 2.24) is 5.32 Å². The van der Waals surface area contributed by atoms with Crippen molar-refractivity contribution in [1.29, 1.82) is 0 Å². The van der Waals surface area contributed by atoms with E-state index in [1.807, 2.05) is 17.0 Å². The number of amides is 1. The maximum atomic E-state index is 12.0. The Morgan fingerprint density at radius 3 is 2.52 bits per heavy atom. The summed E-state index contributed by atoms with van der Waals surface area (Å²) in [5.41, 5.74) is 3.22. The first-order valence-electron chi connectivity index (χ1n) is 9.41. The monoisotopic (exact) mass is 359 g/mol. The van der Waals surface area contributed by atoms with E-state index in [2.05, 4.69) is 37.5 Å². The summed E-state index contributed by atoms with van der Waals surface area (Å²) in [7, 11) is 0. The van der Waals surface area contributed by atoms with E-state index in [9.17, 15) is 4.79 Å². The quantitative estimate of drug-likeness (QED) is 0.783. The Morgan fingerprint density at radius 1 is 1.24 bits per heavy atom. The van der Waals surface area contributed by atoms with E-state index in [-0.39, 0.29) is 11.4 Å². The summed E-state index contributed by atoms with van der Waals surface area (Å²) in [4.78, 5) is 13.9. The molecule has 1 aromatic rings. The Labute approximate surface area is 156 Å². The zero-order valence-corrected chi connectivity index (χ0v) is 16.3. The van der Waals surface area contributed by atoms with Crippen molar-refractivity contribution in [2.75, 3.05) is 16.8 Å². The van der Waals surface area contributed by atoms with E-state index in [1.54, 1.807) is 0 Å². The van der Waals surface area contributed by atoms with E-state index in [1.165, 1.54) is 25.7 Å². The molecule has 1 amide bonds. The summed E-state index contributed by atoms with van der Waals surface area (Å²) in [5.74, 6) is 0.779.